The Balaban J connectivity index is 1.82. The van der Waals surface area contributed by atoms with Gasteiger partial charge in [0, 0.05) is 12.7 Å². The third-order valence-corrected chi connectivity index (χ3v) is 5.36. The van der Waals surface area contributed by atoms with E-state index >= 15 is 0 Å². The van der Waals surface area contributed by atoms with Gasteiger partial charge in [0.1, 0.15) is 11.4 Å². The zero-order valence-electron chi connectivity index (χ0n) is 15.7. The third kappa shape index (κ3) is 4.25. The van der Waals surface area contributed by atoms with Gasteiger partial charge in [-0.1, -0.05) is 13.0 Å². The van der Waals surface area contributed by atoms with E-state index in [1.165, 1.54) is 22.2 Å². The monoisotopic (exact) mass is 399 g/mol. The smallest absolute Gasteiger partial charge is 0.262 e. The zero-order chi connectivity index (χ0) is 20.1. The van der Waals surface area contributed by atoms with E-state index in [1.54, 1.807) is 19.2 Å². The van der Waals surface area contributed by atoms with Crippen molar-refractivity contribution in [1.82, 2.24) is 25.2 Å². The summed E-state index contributed by atoms with van der Waals surface area (Å²) in [5, 5.41) is 5.92. The second kappa shape index (κ2) is 8.75. The van der Waals surface area contributed by atoms with Gasteiger partial charge in [-0.3, -0.25) is 23.9 Å². The summed E-state index contributed by atoms with van der Waals surface area (Å²) < 4.78 is 1.27. The molecule has 0 saturated carbocycles. The molecule has 146 valence electrons. The van der Waals surface area contributed by atoms with E-state index in [4.69, 9.17) is 0 Å². The molecule has 28 heavy (non-hydrogen) atoms. The van der Waals surface area contributed by atoms with Crippen molar-refractivity contribution in [2.75, 3.05) is 6.54 Å². The number of rotatable bonds is 7. The molecule has 0 saturated heterocycles. The van der Waals surface area contributed by atoms with Crippen LogP contribution in [0.4, 0.5) is 0 Å². The molecular weight excluding hydrogens is 378 g/mol. The van der Waals surface area contributed by atoms with Crippen molar-refractivity contribution in [1.29, 1.82) is 0 Å². The lowest BCUT2D eigenvalue weighted by molar-refractivity contribution is -0.121. The van der Waals surface area contributed by atoms with Crippen LogP contribution < -0.4 is 16.2 Å². The number of nitrogens with zero attached hydrogens (tertiary/aromatic N) is 3. The number of hydrogen-bond acceptors (Lipinski definition) is 6. The van der Waals surface area contributed by atoms with Crippen LogP contribution in [-0.2, 0) is 17.9 Å². The number of aromatic nitrogens is 3. The van der Waals surface area contributed by atoms with Crippen LogP contribution in [0.3, 0.4) is 0 Å². The maximum Gasteiger partial charge on any atom is 0.262 e. The van der Waals surface area contributed by atoms with Gasteiger partial charge in [-0.25, -0.2) is 4.98 Å². The van der Waals surface area contributed by atoms with Crippen LogP contribution in [0.2, 0.25) is 0 Å². The molecular formula is C19H21N5O3S. The molecule has 2 N–H and O–H groups in total. The molecule has 0 aliphatic rings. The fourth-order valence-electron chi connectivity index (χ4n) is 2.72. The molecule has 0 spiro atoms. The van der Waals surface area contributed by atoms with Crippen molar-refractivity contribution >= 4 is 33.4 Å². The van der Waals surface area contributed by atoms with Gasteiger partial charge in [-0.2, -0.15) is 0 Å². The minimum Gasteiger partial charge on any atom is -0.355 e. The fourth-order valence-corrected chi connectivity index (χ4v) is 3.77. The van der Waals surface area contributed by atoms with Gasteiger partial charge < -0.3 is 10.6 Å². The highest BCUT2D eigenvalue weighted by Crippen LogP contribution is 2.26. The molecule has 0 radical (unpaired) electrons. The molecule has 3 aromatic rings. The lowest BCUT2D eigenvalue weighted by atomic mass is 10.2. The molecule has 2 amide bonds. The highest BCUT2D eigenvalue weighted by atomic mass is 32.1. The molecule has 0 atom stereocenters. The summed E-state index contributed by atoms with van der Waals surface area (Å²) in [6.45, 7) is 4.43. The summed E-state index contributed by atoms with van der Waals surface area (Å²) in [5.41, 5.74) is 0.988. The lowest BCUT2D eigenvalue weighted by Gasteiger charge is -2.06. The number of carbonyl (C=O) groups is 2. The van der Waals surface area contributed by atoms with Gasteiger partial charge in [0.15, 0.2) is 0 Å². The van der Waals surface area contributed by atoms with Gasteiger partial charge in [-0.05, 0) is 31.0 Å². The van der Waals surface area contributed by atoms with Crippen LogP contribution in [0, 0.1) is 6.92 Å². The number of thiophene rings is 1. The molecule has 0 bridgehead atoms. The number of pyridine rings is 1. The van der Waals surface area contributed by atoms with Crippen LogP contribution in [0.15, 0.2) is 35.5 Å². The number of aryl methyl sites for hydroxylation is 1. The molecule has 0 aliphatic carbocycles. The standard InChI is InChI=1S/C19H21N5O3S/c1-3-7-21-14(25)10-24-11-23-18-15(19(24)27)12(2)16(28-18)17(26)22-9-13-6-4-5-8-20-13/h4-6,8,11H,3,7,9-10H2,1-2H3,(H,21,25)(H,22,26). The molecule has 9 heteroatoms. The summed E-state index contributed by atoms with van der Waals surface area (Å²) in [5.74, 6) is -0.524. The van der Waals surface area contributed by atoms with Crippen molar-refractivity contribution < 1.29 is 9.59 Å². The highest BCUT2D eigenvalue weighted by Gasteiger charge is 2.20. The van der Waals surface area contributed by atoms with Crippen molar-refractivity contribution in [3.8, 4) is 0 Å². The molecule has 3 aromatic heterocycles. The second-order valence-corrected chi connectivity index (χ2v) is 7.27. The molecule has 0 aliphatic heterocycles. The number of fused-ring (bicyclic) bond motifs is 1. The largest absolute Gasteiger partial charge is 0.355 e. The van der Waals surface area contributed by atoms with E-state index in [1.807, 2.05) is 19.1 Å². The number of hydrogen-bond donors (Lipinski definition) is 2. The predicted octanol–water partition coefficient (Wildman–Crippen LogP) is 1.62. The Labute approximate surface area is 165 Å². The first-order valence-corrected chi connectivity index (χ1v) is 9.76. The normalized spacial score (nSPS) is 10.8. The molecule has 3 rings (SSSR count). The first-order valence-electron chi connectivity index (χ1n) is 8.94. The summed E-state index contributed by atoms with van der Waals surface area (Å²) in [6.07, 6.45) is 3.83. The van der Waals surface area contributed by atoms with Crippen LogP contribution in [0.1, 0.15) is 34.3 Å². The Bertz CT molecular complexity index is 1060. The van der Waals surface area contributed by atoms with E-state index in [0.29, 0.717) is 33.7 Å². The van der Waals surface area contributed by atoms with Crippen molar-refractivity contribution in [2.24, 2.45) is 0 Å². The van der Waals surface area contributed by atoms with E-state index in [-0.39, 0.29) is 23.9 Å². The topological polar surface area (TPSA) is 106 Å². The zero-order valence-corrected chi connectivity index (χ0v) is 16.5. The maximum absolute atomic E-state index is 12.8. The summed E-state index contributed by atoms with van der Waals surface area (Å²) in [7, 11) is 0. The number of amides is 2. The van der Waals surface area contributed by atoms with Gasteiger partial charge in [0.2, 0.25) is 5.91 Å². The van der Waals surface area contributed by atoms with E-state index in [0.717, 1.165) is 12.1 Å². The average Bonchev–Trinajstić information content (AvgIpc) is 3.05. The Morgan fingerprint density at radius 2 is 2.04 bits per heavy atom. The van der Waals surface area contributed by atoms with Crippen LogP contribution >= 0.6 is 11.3 Å². The van der Waals surface area contributed by atoms with E-state index in [2.05, 4.69) is 20.6 Å². The molecule has 8 nitrogen and oxygen atoms in total. The molecule has 0 unspecified atom stereocenters. The fraction of sp³-hybridized carbons (Fsp3) is 0.316. The second-order valence-electron chi connectivity index (χ2n) is 6.27. The number of carbonyl (C=O) groups excluding carboxylic acids is 2. The Hall–Kier alpha value is -3.07. The van der Waals surface area contributed by atoms with Gasteiger partial charge >= 0.3 is 0 Å². The number of nitrogens with one attached hydrogen (secondary N) is 2. The van der Waals surface area contributed by atoms with Gasteiger partial charge in [0.05, 0.1) is 28.8 Å². The molecule has 3 heterocycles. The molecule has 0 fully saturated rings. The first kappa shape index (κ1) is 19.7. The summed E-state index contributed by atoms with van der Waals surface area (Å²) in [4.78, 5) is 46.6. The van der Waals surface area contributed by atoms with Gasteiger partial charge in [0.25, 0.3) is 11.5 Å². The van der Waals surface area contributed by atoms with Crippen molar-refractivity contribution in [3.05, 3.63) is 57.2 Å². The Morgan fingerprint density at radius 3 is 2.75 bits per heavy atom. The Morgan fingerprint density at radius 1 is 1.21 bits per heavy atom. The summed E-state index contributed by atoms with van der Waals surface area (Å²) in [6, 6.07) is 5.48. The highest BCUT2D eigenvalue weighted by molar-refractivity contribution is 7.20. The SMILES string of the molecule is CCCNC(=O)Cn1cnc2sc(C(=O)NCc3ccccn3)c(C)c2c1=O. The van der Waals surface area contributed by atoms with Crippen molar-refractivity contribution in [3.63, 3.8) is 0 Å². The average molecular weight is 399 g/mol. The van der Waals surface area contributed by atoms with Crippen molar-refractivity contribution in [2.45, 2.75) is 33.4 Å². The lowest BCUT2D eigenvalue weighted by Crippen LogP contribution is -2.32. The van der Waals surface area contributed by atoms with Gasteiger partial charge in [-0.15, -0.1) is 11.3 Å². The van der Waals surface area contributed by atoms with Crippen LogP contribution in [0.5, 0.6) is 0 Å². The van der Waals surface area contributed by atoms with Crippen LogP contribution in [0.25, 0.3) is 10.2 Å². The van der Waals surface area contributed by atoms with Crippen LogP contribution in [-0.4, -0.2) is 32.9 Å². The Kier molecular flexibility index (Phi) is 6.15. The molecule has 0 aromatic carbocycles. The first-order chi connectivity index (χ1) is 13.5. The minimum absolute atomic E-state index is 0.0989. The minimum atomic E-state index is -0.325. The third-order valence-electron chi connectivity index (χ3n) is 4.17. The predicted molar refractivity (Wildman–Crippen MR) is 107 cm³/mol. The maximum atomic E-state index is 12.8. The van der Waals surface area contributed by atoms with E-state index in [9.17, 15) is 14.4 Å². The van der Waals surface area contributed by atoms with E-state index < -0.39 is 0 Å². The summed E-state index contributed by atoms with van der Waals surface area (Å²) >= 11 is 1.17. The quantitative estimate of drug-likeness (QED) is 0.628.